The van der Waals surface area contributed by atoms with Crippen LogP contribution in [-0.2, 0) is 28.8 Å². The molecular weight excluding hydrogens is 354 g/mol. The quantitative estimate of drug-likeness (QED) is 0.184. The summed E-state index contributed by atoms with van der Waals surface area (Å²) in [6.07, 6.45) is -10.4. The largest absolute Gasteiger partial charge is 0.462 e. The van der Waals surface area contributed by atoms with Crippen molar-refractivity contribution in [1.82, 2.24) is 0 Å². The second-order valence-corrected chi connectivity index (χ2v) is 3.96. The Morgan fingerprint density at radius 3 is 1.88 bits per heavy atom. The van der Waals surface area contributed by atoms with E-state index in [1.807, 2.05) is 0 Å². The Morgan fingerprint density at radius 2 is 1.38 bits per heavy atom. The van der Waals surface area contributed by atoms with Crippen LogP contribution in [0.25, 0.3) is 0 Å². The molecule has 0 N–H and O–H groups in total. The first-order chi connectivity index (χ1) is 10.9. The zero-order valence-corrected chi connectivity index (χ0v) is 11.9. The van der Waals surface area contributed by atoms with E-state index in [1.165, 1.54) is 0 Å². The van der Waals surface area contributed by atoms with Gasteiger partial charge in [0.25, 0.3) is 0 Å². The fraction of sp³-hybridized carbons (Fsp3) is 0.500. The Kier molecular flexibility index (Phi) is 7.93. The lowest BCUT2D eigenvalue weighted by atomic mass is 10.3. The number of alkyl halides is 6. The maximum absolute atomic E-state index is 13.1. The molecule has 0 aromatic carbocycles. The lowest BCUT2D eigenvalue weighted by Crippen LogP contribution is -2.47. The number of hydrogen-bond acceptors (Lipinski definition) is 6. The lowest BCUT2D eigenvalue weighted by Gasteiger charge is -2.26. The minimum absolute atomic E-state index is 0.421. The third-order valence-corrected chi connectivity index (χ3v) is 2.06. The third kappa shape index (κ3) is 7.46. The van der Waals surface area contributed by atoms with Gasteiger partial charge < -0.3 is 9.47 Å². The fourth-order valence-electron chi connectivity index (χ4n) is 0.850. The average molecular weight is 366 g/mol. The molecule has 0 aromatic heterocycles. The van der Waals surface area contributed by atoms with Gasteiger partial charge in [0.05, 0.1) is 6.42 Å². The molecule has 0 amide bonds. The van der Waals surface area contributed by atoms with Crippen molar-refractivity contribution in [3.05, 3.63) is 25.3 Å². The van der Waals surface area contributed by atoms with Gasteiger partial charge in [-0.3, -0.25) is 0 Å². The van der Waals surface area contributed by atoms with Crippen LogP contribution in [-0.4, -0.2) is 43.3 Å². The Hall–Kier alpha value is -2.08. The molecule has 0 saturated carbocycles. The molecule has 12 heteroatoms. The topological polar surface area (TPSA) is 71.1 Å². The normalized spacial score (nSPS) is 12.4. The predicted octanol–water partition coefficient (Wildman–Crippen LogP) is 2.60. The van der Waals surface area contributed by atoms with Crippen molar-refractivity contribution in [2.24, 2.45) is 0 Å². The van der Waals surface area contributed by atoms with E-state index < -0.39 is 49.7 Å². The molecule has 0 bridgehead atoms. The van der Waals surface area contributed by atoms with E-state index >= 15 is 0 Å². The number of esters is 2. The van der Waals surface area contributed by atoms with Gasteiger partial charge in [-0.05, 0) is 0 Å². The molecule has 0 fully saturated rings. The second-order valence-electron chi connectivity index (χ2n) is 3.96. The molecule has 0 spiro atoms. The van der Waals surface area contributed by atoms with Gasteiger partial charge in [-0.1, -0.05) is 13.2 Å². The van der Waals surface area contributed by atoms with Crippen LogP contribution in [0.3, 0.4) is 0 Å². The minimum atomic E-state index is -5.55. The lowest BCUT2D eigenvalue weighted by molar-refractivity contribution is -0.547. The van der Waals surface area contributed by atoms with E-state index in [2.05, 4.69) is 32.4 Å². The number of rotatable bonds is 11. The Labute approximate surface area is 131 Å². The summed E-state index contributed by atoms with van der Waals surface area (Å²) in [4.78, 5) is 26.9. The number of hydrogen-bond donors (Lipinski definition) is 0. The molecule has 0 aliphatic heterocycles. The van der Waals surface area contributed by atoms with Gasteiger partial charge in [-0.25, -0.2) is 9.59 Å². The van der Waals surface area contributed by atoms with Gasteiger partial charge in [0.2, 0.25) is 0 Å². The van der Waals surface area contributed by atoms with E-state index in [0.29, 0.717) is 12.2 Å². The van der Waals surface area contributed by atoms with Crippen LogP contribution >= 0.6 is 0 Å². The first kappa shape index (κ1) is 21.9. The van der Waals surface area contributed by atoms with Gasteiger partial charge in [-0.2, -0.15) is 36.1 Å². The molecule has 0 aromatic rings. The van der Waals surface area contributed by atoms with E-state index in [4.69, 9.17) is 0 Å². The standard InChI is InChI=1S/C12H12F6O6/c1-3-8(19)21-6-5-11(15,16)23-24-12(17,18)10(13,14)7-22-9(20)4-2/h3-4H,1-2,5-7H2. The van der Waals surface area contributed by atoms with Gasteiger partial charge in [0.15, 0.2) is 6.61 Å². The zero-order chi connectivity index (χ0) is 19.0. The average Bonchev–Trinajstić information content (AvgIpc) is 2.50. The number of ether oxygens (including phenoxy) is 2. The number of carbonyl (C=O) groups is 2. The first-order valence-corrected chi connectivity index (χ1v) is 5.95. The van der Waals surface area contributed by atoms with Crippen molar-refractivity contribution in [2.45, 2.75) is 24.6 Å². The highest BCUT2D eigenvalue weighted by Crippen LogP contribution is 2.37. The van der Waals surface area contributed by atoms with Crippen molar-refractivity contribution in [2.75, 3.05) is 13.2 Å². The molecule has 0 radical (unpaired) electrons. The van der Waals surface area contributed by atoms with Crippen LogP contribution in [0.1, 0.15) is 6.42 Å². The van der Waals surface area contributed by atoms with E-state index in [0.717, 1.165) is 0 Å². The van der Waals surface area contributed by atoms with E-state index in [9.17, 15) is 35.9 Å². The molecule has 0 rings (SSSR count). The summed E-state index contributed by atoms with van der Waals surface area (Å²) in [7, 11) is 0. The van der Waals surface area contributed by atoms with E-state index in [-0.39, 0.29) is 0 Å². The summed E-state index contributed by atoms with van der Waals surface area (Å²) in [6.45, 7) is 2.64. The molecule has 24 heavy (non-hydrogen) atoms. The van der Waals surface area contributed by atoms with Gasteiger partial charge in [0.1, 0.15) is 6.61 Å². The van der Waals surface area contributed by atoms with Crippen LogP contribution in [0.15, 0.2) is 25.3 Å². The summed E-state index contributed by atoms with van der Waals surface area (Å²) in [5.74, 6) is -7.69. The molecule has 0 atom stereocenters. The molecule has 6 nitrogen and oxygen atoms in total. The van der Waals surface area contributed by atoms with Crippen molar-refractivity contribution in [3.8, 4) is 0 Å². The Bertz CT molecular complexity index is 479. The molecule has 0 saturated heterocycles. The monoisotopic (exact) mass is 366 g/mol. The smallest absolute Gasteiger partial charge is 0.448 e. The minimum Gasteiger partial charge on any atom is -0.462 e. The molecule has 138 valence electrons. The Morgan fingerprint density at radius 1 is 0.875 bits per heavy atom. The third-order valence-electron chi connectivity index (χ3n) is 2.06. The van der Waals surface area contributed by atoms with Gasteiger partial charge in [-0.15, -0.1) is 0 Å². The highest BCUT2D eigenvalue weighted by Gasteiger charge is 2.61. The zero-order valence-electron chi connectivity index (χ0n) is 11.9. The summed E-state index contributed by atoms with van der Waals surface area (Å²) in [5, 5.41) is 0. The number of carbonyl (C=O) groups excluding carboxylic acids is 2. The maximum atomic E-state index is 13.1. The van der Waals surface area contributed by atoms with Crippen LogP contribution in [0, 0.1) is 0 Å². The van der Waals surface area contributed by atoms with Crippen LogP contribution in [0.5, 0.6) is 0 Å². The summed E-state index contributed by atoms with van der Waals surface area (Å²) < 4.78 is 86.1. The van der Waals surface area contributed by atoms with Crippen LogP contribution in [0.4, 0.5) is 26.3 Å². The molecule has 0 unspecified atom stereocenters. The highest BCUT2D eigenvalue weighted by atomic mass is 19.3. The van der Waals surface area contributed by atoms with Gasteiger partial charge in [0, 0.05) is 12.2 Å². The van der Waals surface area contributed by atoms with Gasteiger partial charge >= 0.3 is 30.1 Å². The van der Waals surface area contributed by atoms with Crippen LogP contribution < -0.4 is 0 Å². The van der Waals surface area contributed by atoms with Crippen molar-refractivity contribution < 1.29 is 55.2 Å². The first-order valence-electron chi connectivity index (χ1n) is 5.95. The molecule has 0 heterocycles. The SMILES string of the molecule is C=CC(=O)OCCC(F)(F)OOC(F)(F)C(F)(F)COC(=O)C=C. The summed E-state index contributed by atoms with van der Waals surface area (Å²) >= 11 is 0. The fourth-order valence-corrected chi connectivity index (χ4v) is 0.850. The molecule has 0 aliphatic carbocycles. The van der Waals surface area contributed by atoms with Crippen molar-refractivity contribution >= 4 is 11.9 Å². The highest BCUT2D eigenvalue weighted by molar-refractivity contribution is 5.81. The Balaban J connectivity index is 4.55. The molecular formula is C12H12F6O6. The second kappa shape index (κ2) is 8.68. The predicted molar refractivity (Wildman–Crippen MR) is 63.9 cm³/mol. The summed E-state index contributed by atoms with van der Waals surface area (Å²) in [5.41, 5.74) is 0. The van der Waals surface area contributed by atoms with E-state index in [1.54, 1.807) is 0 Å². The summed E-state index contributed by atoms with van der Waals surface area (Å²) in [6, 6.07) is 0. The maximum Gasteiger partial charge on any atom is 0.448 e. The van der Waals surface area contributed by atoms with Crippen molar-refractivity contribution in [3.63, 3.8) is 0 Å². The van der Waals surface area contributed by atoms with Crippen LogP contribution in [0.2, 0.25) is 0 Å². The molecule has 0 aliphatic rings. The van der Waals surface area contributed by atoms with Crippen molar-refractivity contribution in [1.29, 1.82) is 0 Å². The number of halogens is 6.